The highest BCUT2D eigenvalue weighted by atomic mass is 16.5. The van der Waals surface area contributed by atoms with E-state index in [2.05, 4.69) is 23.6 Å². The Hall–Kier alpha value is -2.69. The summed E-state index contributed by atoms with van der Waals surface area (Å²) in [6, 6.07) is 13.9. The maximum absolute atomic E-state index is 12.3. The lowest BCUT2D eigenvalue weighted by molar-refractivity contribution is 0.231. The molecule has 1 aliphatic carbocycles. The first-order valence-electron chi connectivity index (χ1n) is 9.45. The molecular weight excluding hydrogens is 340 g/mol. The maximum Gasteiger partial charge on any atom is 0.315 e. The van der Waals surface area contributed by atoms with E-state index in [0.717, 1.165) is 35.5 Å². The first-order chi connectivity index (χ1) is 13.1. The molecule has 0 radical (unpaired) electrons. The van der Waals surface area contributed by atoms with Crippen molar-refractivity contribution in [3.63, 3.8) is 0 Å². The van der Waals surface area contributed by atoms with Crippen molar-refractivity contribution in [1.82, 2.24) is 10.6 Å². The minimum absolute atomic E-state index is 0.0381. The number of hydrogen-bond acceptors (Lipinski definition) is 3. The van der Waals surface area contributed by atoms with E-state index >= 15 is 0 Å². The first-order valence-corrected chi connectivity index (χ1v) is 9.45. The van der Waals surface area contributed by atoms with E-state index in [0.29, 0.717) is 19.1 Å². The zero-order valence-electron chi connectivity index (χ0n) is 16.2. The number of carbonyl (C=O) groups is 1. The van der Waals surface area contributed by atoms with Crippen molar-refractivity contribution >= 4 is 6.03 Å². The van der Waals surface area contributed by atoms with Gasteiger partial charge in [0.25, 0.3) is 0 Å². The molecule has 2 aromatic rings. The summed E-state index contributed by atoms with van der Waals surface area (Å²) in [6.45, 7) is 4.98. The van der Waals surface area contributed by atoms with Crippen molar-refractivity contribution in [3.8, 4) is 11.5 Å². The predicted octanol–water partition coefficient (Wildman–Crippen LogP) is 4.14. The van der Waals surface area contributed by atoms with Gasteiger partial charge in [0.2, 0.25) is 0 Å². The molecule has 1 aliphatic rings. The smallest absolute Gasteiger partial charge is 0.315 e. The van der Waals surface area contributed by atoms with Crippen LogP contribution in [0.5, 0.6) is 11.5 Å². The fraction of sp³-hybridized carbons (Fsp3) is 0.409. The van der Waals surface area contributed by atoms with Crippen molar-refractivity contribution in [2.45, 2.75) is 32.7 Å². The summed E-state index contributed by atoms with van der Waals surface area (Å²) >= 11 is 0. The SMILES string of the molecule is COc1ccc([C@@H](NC(=O)NCCOc2ccc(C)cc2C)C2CC2)cc1. The molecule has 0 unspecified atom stereocenters. The molecule has 0 heterocycles. The second kappa shape index (κ2) is 8.80. The summed E-state index contributed by atoms with van der Waals surface area (Å²) in [5.41, 5.74) is 3.43. The molecule has 1 atom stereocenters. The highest BCUT2D eigenvalue weighted by Crippen LogP contribution is 2.41. The van der Waals surface area contributed by atoms with Crippen LogP contribution in [0.1, 0.15) is 35.6 Å². The van der Waals surface area contributed by atoms with Crippen LogP contribution >= 0.6 is 0 Å². The Morgan fingerprint density at radius 3 is 2.52 bits per heavy atom. The van der Waals surface area contributed by atoms with E-state index in [9.17, 15) is 4.79 Å². The Kier molecular flexibility index (Phi) is 6.22. The number of hydrogen-bond donors (Lipinski definition) is 2. The van der Waals surface area contributed by atoms with Crippen molar-refractivity contribution in [1.29, 1.82) is 0 Å². The van der Waals surface area contributed by atoms with Gasteiger partial charge in [-0.3, -0.25) is 0 Å². The molecule has 27 heavy (non-hydrogen) atoms. The summed E-state index contributed by atoms with van der Waals surface area (Å²) in [7, 11) is 1.65. The fourth-order valence-corrected chi connectivity index (χ4v) is 3.19. The van der Waals surface area contributed by atoms with Crippen molar-refractivity contribution in [3.05, 3.63) is 59.2 Å². The quantitative estimate of drug-likeness (QED) is 0.689. The molecule has 3 rings (SSSR count). The van der Waals surface area contributed by atoms with Crippen molar-refractivity contribution < 1.29 is 14.3 Å². The molecule has 2 N–H and O–H groups in total. The molecule has 2 aromatic carbocycles. The fourth-order valence-electron chi connectivity index (χ4n) is 3.19. The van der Waals surface area contributed by atoms with Crippen LogP contribution in [0.25, 0.3) is 0 Å². The summed E-state index contributed by atoms with van der Waals surface area (Å²) in [4.78, 5) is 12.3. The Bertz CT molecular complexity index is 770. The van der Waals surface area contributed by atoms with Gasteiger partial charge in [-0.25, -0.2) is 4.79 Å². The third-order valence-corrected chi connectivity index (χ3v) is 4.83. The van der Waals surface area contributed by atoms with Crippen LogP contribution in [0, 0.1) is 19.8 Å². The third-order valence-electron chi connectivity index (χ3n) is 4.83. The van der Waals surface area contributed by atoms with E-state index in [1.54, 1.807) is 7.11 Å². The van der Waals surface area contributed by atoms with Gasteiger partial charge >= 0.3 is 6.03 Å². The number of rotatable bonds is 8. The summed E-state index contributed by atoms with van der Waals surface area (Å²) in [6.07, 6.45) is 2.29. The number of methoxy groups -OCH3 is 1. The van der Waals surface area contributed by atoms with Crippen LogP contribution in [-0.4, -0.2) is 26.3 Å². The molecule has 0 bridgehead atoms. The van der Waals surface area contributed by atoms with Gasteiger partial charge in [-0.15, -0.1) is 0 Å². The number of aryl methyl sites for hydroxylation is 2. The normalized spacial score (nSPS) is 14.3. The minimum atomic E-state index is -0.160. The van der Waals surface area contributed by atoms with Gasteiger partial charge < -0.3 is 20.1 Å². The lowest BCUT2D eigenvalue weighted by Crippen LogP contribution is -2.40. The van der Waals surface area contributed by atoms with Gasteiger partial charge in [0, 0.05) is 0 Å². The Labute approximate surface area is 161 Å². The van der Waals surface area contributed by atoms with Crippen LogP contribution in [0.2, 0.25) is 0 Å². The van der Waals surface area contributed by atoms with Crippen LogP contribution < -0.4 is 20.1 Å². The van der Waals surface area contributed by atoms with Gasteiger partial charge in [0.15, 0.2) is 0 Å². The summed E-state index contributed by atoms with van der Waals surface area (Å²) < 4.78 is 11.0. The molecule has 1 fully saturated rings. The Morgan fingerprint density at radius 2 is 1.89 bits per heavy atom. The number of carbonyl (C=O) groups excluding carboxylic acids is 1. The van der Waals surface area contributed by atoms with E-state index in [-0.39, 0.29) is 12.1 Å². The van der Waals surface area contributed by atoms with Gasteiger partial charge in [-0.05, 0) is 61.9 Å². The number of benzene rings is 2. The monoisotopic (exact) mass is 368 g/mol. The third kappa shape index (κ3) is 5.39. The number of nitrogens with one attached hydrogen (secondary N) is 2. The lowest BCUT2D eigenvalue weighted by Gasteiger charge is -2.19. The van der Waals surface area contributed by atoms with Crippen molar-refractivity contribution in [2.24, 2.45) is 5.92 Å². The minimum Gasteiger partial charge on any atom is -0.497 e. The highest BCUT2D eigenvalue weighted by molar-refractivity contribution is 5.74. The summed E-state index contributed by atoms with van der Waals surface area (Å²) in [5.74, 6) is 2.19. The molecule has 0 aromatic heterocycles. The Balaban J connectivity index is 1.46. The van der Waals surface area contributed by atoms with E-state index in [1.807, 2.05) is 43.3 Å². The van der Waals surface area contributed by atoms with Gasteiger partial charge in [0.05, 0.1) is 19.7 Å². The van der Waals surface area contributed by atoms with Gasteiger partial charge in [-0.2, -0.15) is 0 Å². The summed E-state index contributed by atoms with van der Waals surface area (Å²) in [5, 5.41) is 5.99. The number of ether oxygens (including phenoxy) is 2. The van der Waals surface area contributed by atoms with E-state index < -0.39 is 0 Å². The molecule has 0 spiro atoms. The van der Waals surface area contributed by atoms with E-state index in [1.165, 1.54) is 5.56 Å². The van der Waals surface area contributed by atoms with Crippen LogP contribution in [0.3, 0.4) is 0 Å². The first kappa shape index (κ1) is 19.1. The van der Waals surface area contributed by atoms with E-state index in [4.69, 9.17) is 9.47 Å². The van der Waals surface area contributed by atoms with Crippen molar-refractivity contribution in [2.75, 3.05) is 20.3 Å². The molecule has 5 heteroatoms. The van der Waals surface area contributed by atoms with Crippen LogP contribution in [0.4, 0.5) is 4.79 Å². The maximum atomic E-state index is 12.3. The Morgan fingerprint density at radius 1 is 1.15 bits per heavy atom. The molecule has 0 saturated heterocycles. The zero-order valence-corrected chi connectivity index (χ0v) is 16.2. The molecule has 0 aliphatic heterocycles. The topological polar surface area (TPSA) is 59.6 Å². The second-order valence-electron chi connectivity index (χ2n) is 7.11. The molecule has 2 amide bonds. The molecule has 1 saturated carbocycles. The average Bonchev–Trinajstić information content (AvgIpc) is 3.50. The van der Waals surface area contributed by atoms with Gasteiger partial charge in [-0.1, -0.05) is 29.8 Å². The van der Waals surface area contributed by atoms with Gasteiger partial charge in [0.1, 0.15) is 18.1 Å². The molecular formula is C22H28N2O3. The number of amides is 2. The standard InChI is InChI=1S/C22H28N2O3/c1-15-4-11-20(16(2)14-15)27-13-12-23-22(25)24-21(17-5-6-17)18-7-9-19(26-3)10-8-18/h4,7-11,14,17,21H,5-6,12-13H2,1-3H3,(H2,23,24,25)/t21-/m0/s1. The number of urea groups is 1. The molecule has 144 valence electrons. The second-order valence-corrected chi connectivity index (χ2v) is 7.11. The van der Waals surface area contributed by atoms with Crippen LogP contribution in [0.15, 0.2) is 42.5 Å². The highest BCUT2D eigenvalue weighted by Gasteiger charge is 2.33. The molecule has 5 nitrogen and oxygen atoms in total. The predicted molar refractivity (Wildman–Crippen MR) is 106 cm³/mol. The van der Waals surface area contributed by atoms with Crippen LogP contribution in [-0.2, 0) is 0 Å². The average molecular weight is 368 g/mol. The largest absolute Gasteiger partial charge is 0.497 e. The lowest BCUT2D eigenvalue weighted by atomic mass is 10.0. The zero-order chi connectivity index (χ0) is 19.2.